The Morgan fingerprint density at radius 3 is 0.855 bits per heavy atom. The number of hydrogen-bond donors (Lipinski definition) is 2. The van der Waals surface area contributed by atoms with Gasteiger partial charge < -0.3 is 33.9 Å². The summed E-state index contributed by atoms with van der Waals surface area (Å²) in [7, 11) is 0. The molecule has 0 amide bonds. The van der Waals surface area contributed by atoms with Crippen LogP contribution in [-0.2, 0) is 42.9 Å². The maximum Gasteiger partial charge on any atom is 0.359 e. The number of carboxylic acids is 2. The maximum absolute atomic E-state index is 13.7. The van der Waals surface area contributed by atoms with E-state index in [9.17, 15) is 48.6 Å². The van der Waals surface area contributed by atoms with Crippen molar-refractivity contribution >= 4 is 47.8 Å². The van der Waals surface area contributed by atoms with E-state index in [1.807, 2.05) is 0 Å². The Balaban J connectivity index is 1.72. The fourth-order valence-electron chi connectivity index (χ4n) is 4.99. The van der Waals surface area contributed by atoms with Crippen molar-refractivity contribution in [2.75, 3.05) is 0 Å². The zero-order chi connectivity index (χ0) is 40.4. The third kappa shape index (κ3) is 10.9. The van der Waals surface area contributed by atoms with Crippen LogP contribution in [0, 0.1) is 27.7 Å². The van der Waals surface area contributed by atoms with Crippen LogP contribution in [-0.4, -0.2) is 82.4 Å². The zero-order valence-corrected chi connectivity index (χ0v) is 29.7. The van der Waals surface area contributed by atoms with E-state index in [0.29, 0.717) is 22.3 Å². The molecule has 4 atom stereocenters. The molecule has 4 aromatic carbocycles. The highest BCUT2D eigenvalue weighted by atomic mass is 16.7. The highest BCUT2D eigenvalue weighted by Crippen LogP contribution is 2.20. The fourth-order valence-corrected chi connectivity index (χ4v) is 4.99. The van der Waals surface area contributed by atoms with Gasteiger partial charge in [0.2, 0.25) is 24.4 Å². The number of esters is 6. The summed E-state index contributed by atoms with van der Waals surface area (Å²) in [5.41, 5.74) is 1.61. The Kier molecular flexibility index (Phi) is 13.3. The summed E-state index contributed by atoms with van der Waals surface area (Å²) in [5, 5.41) is 20.2. The first-order chi connectivity index (χ1) is 26.0. The maximum atomic E-state index is 13.7. The van der Waals surface area contributed by atoms with Crippen molar-refractivity contribution in [3.05, 3.63) is 142 Å². The van der Waals surface area contributed by atoms with Gasteiger partial charge in [-0.2, -0.15) is 0 Å². The van der Waals surface area contributed by atoms with Gasteiger partial charge in [0.05, 0.1) is 22.3 Å². The molecule has 0 saturated carbocycles. The van der Waals surface area contributed by atoms with Gasteiger partial charge in [-0.05, 0) is 76.2 Å². The Labute approximate surface area is 313 Å². The lowest BCUT2D eigenvalue weighted by Crippen LogP contribution is -2.50. The zero-order valence-electron chi connectivity index (χ0n) is 29.7. The largest absolute Gasteiger partial charge is 0.478 e. The molecule has 2 N–H and O–H groups in total. The summed E-state index contributed by atoms with van der Waals surface area (Å²) >= 11 is 0. The lowest BCUT2D eigenvalue weighted by atomic mass is 10.1. The monoisotopic (exact) mass is 754 g/mol. The van der Waals surface area contributed by atoms with Crippen LogP contribution < -0.4 is 0 Å². The average molecular weight is 755 g/mol. The van der Waals surface area contributed by atoms with Gasteiger partial charge in [-0.1, -0.05) is 70.8 Å². The van der Waals surface area contributed by atoms with E-state index in [1.54, 1.807) is 52.0 Å². The minimum atomic E-state index is -2.71. The van der Waals surface area contributed by atoms with Crippen molar-refractivity contribution in [3.63, 3.8) is 0 Å². The number of ether oxygens (including phenoxy) is 5. The van der Waals surface area contributed by atoms with Gasteiger partial charge in [0, 0.05) is 0 Å². The molecule has 4 rings (SSSR count). The molecule has 4 aromatic rings. The number of carboxylic acid groups (broad SMARTS) is 2. The molecule has 0 bridgehead atoms. The second-order valence-corrected chi connectivity index (χ2v) is 12.2. The topological polar surface area (TPSA) is 223 Å². The highest BCUT2D eigenvalue weighted by molar-refractivity contribution is 6.01. The number of aryl methyl sites for hydroxylation is 4. The minimum Gasteiger partial charge on any atom is -0.478 e. The van der Waals surface area contributed by atoms with E-state index < -0.39 is 72.2 Å². The Morgan fingerprint density at radius 2 is 0.636 bits per heavy atom. The van der Waals surface area contributed by atoms with Crippen LogP contribution in [0.25, 0.3) is 0 Å². The van der Waals surface area contributed by atoms with Crippen LogP contribution in [0.5, 0.6) is 0 Å². The summed E-state index contributed by atoms with van der Waals surface area (Å²) in [4.78, 5) is 105. The average Bonchev–Trinajstić information content (AvgIpc) is 3.13. The molecular weight excluding hydrogens is 720 g/mol. The van der Waals surface area contributed by atoms with Gasteiger partial charge in [-0.25, -0.2) is 38.4 Å². The number of rotatable bonds is 14. The molecule has 284 valence electrons. The van der Waals surface area contributed by atoms with E-state index in [4.69, 9.17) is 23.7 Å². The molecule has 15 heteroatoms. The van der Waals surface area contributed by atoms with E-state index in [-0.39, 0.29) is 22.3 Å². The lowest BCUT2D eigenvalue weighted by Gasteiger charge is -2.25. The van der Waals surface area contributed by atoms with Gasteiger partial charge in [0.25, 0.3) is 0 Å². The normalized spacial score (nSPS) is 12.8. The van der Waals surface area contributed by atoms with Crippen LogP contribution in [0.3, 0.4) is 0 Å². The second kappa shape index (κ2) is 18.1. The lowest BCUT2D eigenvalue weighted by molar-refractivity contribution is -0.184. The first kappa shape index (κ1) is 40.6. The van der Waals surface area contributed by atoms with Crippen LogP contribution in [0.15, 0.2) is 97.1 Å². The molecule has 0 aliphatic carbocycles. The minimum absolute atomic E-state index is 0.151. The quantitative estimate of drug-likeness (QED) is 0.104. The summed E-state index contributed by atoms with van der Waals surface area (Å²) in [5.74, 6) is -13.2. The number of carbonyl (C=O) groups excluding carboxylic acids is 6. The molecule has 0 saturated heterocycles. The van der Waals surface area contributed by atoms with Crippen molar-refractivity contribution in [1.29, 1.82) is 0 Å². The van der Waals surface area contributed by atoms with Crippen molar-refractivity contribution in [2.45, 2.75) is 52.1 Å². The molecular formula is C40H34O15. The van der Waals surface area contributed by atoms with Crippen LogP contribution in [0.1, 0.15) is 63.7 Å². The van der Waals surface area contributed by atoms with Crippen LogP contribution >= 0.6 is 0 Å². The smallest absolute Gasteiger partial charge is 0.359 e. The SMILES string of the molecule is Cc1cccc(C(=O)OC(C(=O)O)C(OC(=O)c2cccc(C)c2)C(=O)OC(=O)C(OC(=O)c2cccc(C)c2)C(OC(=O)c2cccc(C)c2)C(=O)O)c1. The van der Waals surface area contributed by atoms with Gasteiger partial charge in [-0.15, -0.1) is 0 Å². The molecule has 55 heavy (non-hydrogen) atoms. The Morgan fingerprint density at radius 1 is 0.400 bits per heavy atom. The fraction of sp³-hybridized carbons (Fsp3) is 0.200. The Hall–Kier alpha value is -7.16. The van der Waals surface area contributed by atoms with Crippen molar-refractivity contribution in [1.82, 2.24) is 0 Å². The molecule has 0 heterocycles. The first-order valence-electron chi connectivity index (χ1n) is 16.4. The van der Waals surface area contributed by atoms with Gasteiger partial charge in [-0.3, -0.25) is 0 Å². The Bertz CT molecular complexity index is 2000. The summed E-state index contributed by atoms with van der Waals surface area (Å²) in [6, 6.07) is 22.7. The van der Waals surface area contributed by atoms with E-state index in [2.05, 4.69) is 0 Å². The van der Waals surface area contributed by atoms with Gasteiger partial charge >= 0.3 is 47.8 Å². The van der Waals surface area contributed by atoms with E-state index in [1.165, 1.54) is 72.8 Å². The molecule has 0 aliphatic rings. The number of hydrogen-bond acceptors (Lipinski definition) is 13. The molecule has 0 aliphatic heterocycles. The van der Waals surface area contributed by atoms with Crippen molar-refractivity contribution in [2.24, 2.45) is 0 Å². The predicted octanol–water partition coefficient (Wildman–Crippen LogP) is 4.36. The first-order valence-corrected chi connectivity index (χ1v) is 16.4. The number of carbonyl (C=O) groups is 8. The summed E-state index contributed by atoms with van der Waals surface area (Å²) < 4.78 is 25.4. The molecule has 0 fully saturated rings. The van der Waals surface area contributed by atoms with Crippen molar-refractivity contribution < 1.29 is 72.3 Å². The molecule has 0 aromatic heterocycles. The highest BCUT2D eigenvalue weighted by Gasteiger charge is 2.47. The number of aliphatic carboxylic acids is 2. The summed E-state index contributed by atoms with van der Waals surface area (Å²) in [6.45, 7) is 6.50. The third-order valence-corrected chi connectivity index (χ3v) is 7.65. The molecule has 0 radical (unpaired) electrons. The van der Waals surface area contributed by atoms with Gasteiger partial charge in [0.1, 0.15) is 0 Å². The van der Waals surface area contributed by atoms with E-state index >= 15 is 0 Å². The molecule has 0 spiro atoms. The molecule has 15 nitrogen and oxygen atoms in total. The summed E-state index contributed by atoms with van der Waals surface area (Å²) in [6.07, 6.45) is -10.7. The van der Waals surface area contributed by atoms with Crippen LogP contribution in [0.2, 0.25) is 0 Å². The van der Waals surface area contributed by atoms with Gasteiger partial charge in [0.15, 0.2) is 0 Å². The second-order valence-electron chi connectivity index (χ2n) is 12.2. The standard InChI is InChI=1S/C40H34O15/c1-21-9-5-13-25(17-21)35(45)51-29(33(41)42)31(53-37(47)27-15-7-11-23(3)19-27)39(49)55-40(50)32(54-38(48)28-16-8-12-24(4)20-28)30(34(43)44)52-36(46)26-14-6-10-22(2)18-26/h5-20,29-32H,1-4H3,(H,41,42)(H,43,44). The van der Waals surface area contributed by atoms with Crippen LogP contribution in [0.4, 0.5) is 0 Å². The van der Waals surface area contributed by atoms with Crippen molar-refractivity contribution in [3.8, 4) is 0 Å². The number of benzene rings is 4. The predicted molar refractivity (Wildman–Crippen MR) is 188 cm³/mol. The molecule has 4 unspecified atom stereocenters. The third-order valence-electron chi connectivity index (χ3n) is 7.65. The van der Waals surface area contributed by atoms with E-state index in [0.717, 1.165) is 0 Å².